The summed E-state index contributed by atoms with van der Waals surface area (Å²) < 4.78 is 0. The van der Waals surface area contributed by atoms with Gasteiger partial charge in [-0.2, -0.15) is 0 Å². The molecular formula is C12H16N2O. The molecule has 1 aromatic rings. The van der Waals surface area contributed by atoms with E-state index in [9.17, 15) is 4.79 Å². The molecule has 1 saturated heterocycles. The summed E-state index contributed by atoms with van der Waals surface area (Å²) in [7, 11) is 0. The normalized spacial score (nSPS) is 21.5. The summed E-state index contributed by atoms with van der Waals surface area (Å²) in [5.74, 6) is 0.109. The number of benzene rings is 1. The number of hydrogen-bond acceptors (Lipinski definition) is 2. The van der Waals surface area contributed by atoms with Crippen LogP contribution in [0.25, 0.3) is 0 Å². The van der Waals surface area contributed by atoms with E-state index in [1.165, 1.54) is 0 Å². The molecule has 0 bridgehead atoms. The van der Waals surface area contributed by atoms with Crippen LogP contribution in [0.15, 0.2) is 30.3 Å². The zero-order valence-corrected chi connectivity index (χ0v) is 8.86. The molecule has 0 aliphatic carbocycles. The number of carbonyl (C=O) groups excluding carboxylic acids is 1. The van der Waals surface area contributed by atoms with Gasteiger partial charge < -0.3 is 10.6 Å². The molecular weight excluding hydrogens is 188 g/mol. The minimum absolute atomic E-state index is 0.0242. The van der Waals surface area contributed by atoms with Crippen molar-refractivity contribution in [1.29, 1.82) is 0 Å². The van der Waals surface area contributed by atoms with Crippen LogP contribution in [0.2, 0.25) is 0 Å². The van der Waals surface area contributed by atoms with Crippen LogP contribution in [0.3, 0.4) is 0 Å². The van der Waals surface area contributed by atoms with Crippen molar-refractivity contribution < 1.29 is 4.79 Å². The summed E-state index contributed by atoms with van der Waals surface area (Å²) in [5, 5.41) is 6.09. The van der Waals surface area contributed by atoms with E-state index in [1.54, 1.807) is 0 Å². The monoisotopic (exact) mass is 204 g/mol. The van der Waals surface area contributed by atoms with Crippen LogP contribution in [0.5, 0.6) is 0 Å². The lowest BCUT2D eigenvalue weighted by Gasteiger charge is -2.28. The molecule has 1 heterocycles. The van der Waals surface area contributed by atoms with Crippen molar-refractivity contribution in [2.24, 2.45) is 0 Å². The maximum atomic E-state index is 11.6. The molecule has 0 saturated carbocycles. The Bertz CT molecular complexity index is 333. The van der Waals surface area contributed by atoms with E-state index in [4.69, 9.17) is 0 Å². The Kier molecular flexibility index (Phi) is 3.02. The van der Waals surface area contributed by atoms with Gasteiger partial charge in [-0.15, -0.1) is 0 Å². The van der Waals surface area contributed by atoms with Crippen molar-refractivity contribution >= 4 is 5.91 Å². The molecule has 2 rings (SSSR count). The minimum Gasteiger partial charge on any atom is -0.348 e. The maximum absolute atomic E-state index is 11.6. The Morgan fingerprint density at radius 2 is 2.13 bits per heavy atom. The first-order valence-electron chi connectivity index (χ1n) is 5.36. The van der Waals surface area contributed by atoms with E-state index in [2.05, 4.69) is 10.6 Å². The molecule has 1 aromatic carbocycles. The topological polar surface area (TPSA) is 41.1 Å². The molecule has 1 unspecified atom stereocenters. The molecule has 0 radical (unpaired) electrons. The molecule has 80 valence electrons. The van der Waals surface area contributed by atoms with Crippen LogP contribution in [-0.2, 0) is 4.79 Å². The molecule has 2 atom stereocenters. The quantitative estimate of drug-likeness (QED) is 0.777. The van der Waals surface area contributed by atoms with E-state index in [0.29, 0.717) is 0 Å². The van der Waals surface area contributed by atoms with Crippen molar-refractivity contribution in [2.45, 2.75) is 25.4 Å². The largest absolute Gasteiger partial charge is 0.348 e. The summed E-state index contributed by atoms with van der Waals surface area (Å²) in [6.07, 6.45) is 0.952. The predicted octanol–water partition coefficient (Wildman–Crippen LogP) is 1.23. The first-order chi connectivity index (χ1) is 7.27. The molecule has 0 spiro atoms. The van der Waals surface area contributed by atoms with Gasteiger partial charge in [-0.3, -0.25) is 4.79 Å². The van der Waals surface area contributed by atoms with Crippen LogP contribution >= 0.6 is 0 Å². The van der Waals surface area contributed by atoms with Crippen molar-refractivity contribution in [3.63, 3.8) is 0 Å². The third-order valence-electron chi connectivity index (χ3n) is 2.80. The molecule has 2 N–H and O–H groups in total. The maximum Gasteiger partial charge on any atom is 0.237 e. The van der Waals surface area contributed by atoms with Gasteiger partial charge in [0.25, 0.3) is 0 Å². The smallest absolute Gasteiger partial charge is 0.237 e. The summed E-state index contributed by atoms with van der Waals surface area (Å²) in [4.78, 5) is 11.6. The van der Waals surface area contributed by atoms with Gasteiger partial charge in [-0.1, -0.05) is 30.3 Å². The third-order valence-corrected chi connectivity index (χ3v) is 2.80. The zero-order chi connectivity index (χ0) is 10.7. The van der Waals surface area contributed by atoms with E-state index < -0.39 is 0 Å². The first-order valence-corrected chi connectivity index (χ1v) is 5.36. The number of amides is 1. The van der Waals surface area contributed by atoms with Gasteiger partial charge >= 0.3 is 0 Å². The number of hydrogen-bond donors (Lipinski definition) is 2. The van der Waals surface area contributed by atoms with Crippen LogP contribution in [0.4, 0.5) is 0 Å². The first kappa shape index (κ1) is 10.2. The number of carbonyl (C=O) groups is 1. The van der Waals surface area contributed by atoms with Crippen LogP contribution < -0.4 is 10.6 Å². The minimum atomic E-state index is 0.0242. The molecule has 15 heavy (non-hydrogen) atoms. The molecule has 1 aliphatic rings. The summed E-state index contributed by atoms with van der Waals surface area (Å²) >= 11 is 0. The van der Waals surface area contributed by atoms with Crippen molar-refractivity contribution in [3.05, 3.63) is 35.9 Å². The standard InChI is InChI=1S/C12H16N2O/c1-9(10-5-3-2-4-6-10)14-12(15)11-7-8-13-11/h2-6,9,11,13H,7-8H2,1H3,(H,14,15)/t9?,11-/m1/s1. The average Bonchev–Trinajstić information content (AvgIpc) is 2.16. The van der Waals surface area contributed by atoms with Crippen LogP contribution in [0.1, 0.15) is 24.9 Å². The van der Waals surface area contributed by atoms with E-state index in [1.807, 2.05) is 37.3 Å². The Hall–Kier alpha value is -1.35. The lowest BCUT2D eigenvalue weighted by molar-refractivity contribution is -0.125. The second kappa shape index (κ2) is 4.45. The summed E-state index contributed by atoms with van der Waals surface area (Å²) in [5.41, 5.74) is 1.14. The Morgan fingerprint density at radius 3 is 2.67 bits per heavy atom. The molecule has 3 nitrogen and oxygen atoms in total. The van der Waals surface area contributed by atoms with Gasteiger partial charge in [0.2, 0.25) is 5.91 Å². The SMILES string of the molecule is CC(NC(=O)[C@H]1CCN1)c1ccccc1. The van der Waals surface area contributed by atoms with Gasteiger partial charge in [0, 0.05) is 0 Å². The van der Waals surface area contributed by atoms with Crippen molar-refractivity contribution in [1.82, 2.24) is 10.6 Å². The lowest BCUT2D eigenvalue weighted by Crippen LogP contribution is -2.53. The molecule has 1 fully saturated rings. The fourth-order valence-corrected chi connectivity index (χ4v) is 1.65. The highest BCUT2D eigenvalue weighted by molar-refractivity contribution is 5.83. The second-order valence-electron chi connectivity index (χ2n) is 3.94. The fourth-order valence-electron chi connectivity index (χ4n) is 1.65. The average molecular weight is 204 g/mol. The van der Waals surface area contributed by atoms with E-state index in [0.717, 1.165) is 18.5 Å². The molecule has 1 amide bonds. The zero-order valence-electron chi connectivity index (χ0n) is 8.86. The third kappa shape index (κ3) is 2.36. The van der Waals surface area contributed by atoms with Gasteiger partial charge in [-0.05, 0) is 25.5 Å². The van der Waals surface area contributed by atoms with E-state index >= 15 is 0 Å². The van der Waals surface area contributed by atoms with Gasteiger partial charge in [0.1, 0.15) is 0 Å². The lowest BCUT2D eigenvalue weighted by atomic mass is 10.0. The summed E-state index contributed by atoms with van der Waals surface area (Å²) in [6, 6.07) is 10.1. The van der Waals surface area contributed by atoms with Gasteiger partial charge in [-0.25, -0.2) is 0 Å². The van der Waals surface area contributed by atoms with Crippen molar-refractivity contribution in [2.75, 3.05) is 6.54 Å². The van der Waals surface area contributed by atoms with Gasteiger partial charge in [0.15, 0.2) is 0 Å². The highest BCUT2D eigenvalue weighted by Gasteiger charge is 2.25. The predicted molar refractivity (Wildman–Crippen MR) is 59.4 cm³/mol. The second-order valence-corrected chi connectivity index (χ2v) is 3.94. The Labute approximate surface area is 89.9 Å². The van der Waals surface area contributed by atoms with Crippen LogP contribution in [0, 0.1) is 0 Å². The molecule has 3 heteroatoms. The highest BCUT2D eigenvalue weighted by Crippen LogP contribution is 2.12. The van der Waals surface area contributed by atoms with Crippen molar-refractivity contribution in [3.8, 4) is 0 Å². The summed E-state index contributed by atoms with van der Waals surface area (Å²) in [6.45, 7) is 2.96. The Morgan fingerprint density at radius 1 is 1.47 bits per heavy atom. The van der Waals surface area contributed by atoms with E-state index in [-0.39, 0.29) is 18.0 Å². The Balaban J connectivity index is 1.91. The van der Waals surface area contributed by atoms with Crippen LogP contribution in [-0.4, -0.2) is 18.5 Å². The fraction of sp³-hybridized carbons (Fsp3) is 0.417. The number of nitrogens with one attached hydrogen (secondary N) is 2. The molecule has 0 aromatic heterocycles. The highest BCUT2D eigenvalue weighted by atomic mass is 16.2. The van der Waals surface area contributed by atoms with Gasteiger partial charge in [0.05, 0.1) is 12.1 Å². The molecule has 1 aliphatic heterocycles. The number of rotatable bonds is 3.